The van der Waals surface area contributed by atoms with Crippen molar-refractivity contribution < 1.29 is 29.3 Å². The third kappa shape index (κ3) is 4.88. The summed E-state index contributed by atoms with van der Waals surface area (Å²) in [5.74, 6) is -0.820. The summed E-state index contributed by atoms with van der Waals surface area (Å²) in [7, 11) is 3.32. The molecule has 0 atom stereocenters. The van der Waals surface area contributed by atoms with E-state index in [1.165, 1.54) is 12.1 Å². The van der Waals surface area contributed by atoms with E-state index in [2.05, 4.69) is 52.4 Å². The lowest BCUT2D eigenvalue weighted by molar-refractivity contribution is 0.0696. The molecule has 0 radical (unpaired) electrons. The third-order valence-electron chi connectivity index (χ3n) is 9.13. The molecular formula is C40H24N2O6S2. The van der Waals surface area contributed by atoms with E-state index in [1.54, 1.807) is 43.2 Å². The van der Waals surface area contributed by atoms with Crippen molar-refractivity contribution in [3.63, 3.8) is 0 Å². The van der Waals surface area contributed by atoms with Gasteiger partial charge in [0.25, 0.3) is 0 Å². The normalized spacial score (nSPS) is 11.7. The first-order valence-electron chi connectivity index (χ1n) is 15.5. The van der Waals surface area contributed by atoms with Crippen LogP contribution in [-0.4, -0.2) is 46.3 Å². The molecule has 0 bridgehead atoms. The van der Waals surface area contributed by atoms with Gasteiger partial charge in [0.05, 0.1) is 46.5 Å². The Balaban J connectivity index is 1.11. The van der Waals surface area contributed by atoms with Gasteiger partial charge in [0.15, 0.2) is 0 Å². The van der Waals surface area contributed by atoms with Crippen molar-refractivity contribution in [2.75, 3.05) is 14.2 Å². The van der Waals surface area contributed by atoms with Crippen molar-refractivity contribution in [2.24, 2.45) is 0 Å². The van der Waals surface area contributed by atoms with Crippen LogP contribution >= 0.6 is 22.7 Å². The van der Waals surface area contributed by atoms with E-state index in [1.807, 2.05) is 36.4 Å². The maximum atomic E-state index is 12.0. The Bertz CT molecular complexity index is 2930. The number of carboxylic acids is 2. The predicted octanol–water partition coefficient (Wildman–Crippen LogP) is 10.3. The molecule has 0 aliphatic carbocycles. The lowest BCUT2D eigenvalue weighted by Gasteiger charge is -2.10. The lowest BCUT2D eigenvalue weighted by atomic mass is 9.96. The quantitative estimate of drug-likeness (QED) is 0.165. The number of hydrogen-bond donors (Lipinski definition) is 2. The van der Waals surface area contributed by atoms with Crippen LogP contribution in [0.15, 0.2) is 97.3 Å². The number of hydrogen-bond acceptors (Lipinski definition) is 8. The lowest BCUT2D eigenvalue weighted by Crippen LogP contribution is -2.03. The molecule has 3 heterocycles. The molecule has 9 aromatic rings. The number of fused-ring (bicyclic) bond motifs is 6. The van der Waals surface area contributed by atoms with Crippen molar-refractivity contribution in [1.82, 2.24) is 9.97 Å². The minimum atomic E-state index is -1.17. The van der Waals surface area contributed by atoms with Crippen LogP contribution in [0.1, 0.15) is 20.7 Å². The molecule has 6 aromatic carbocycles. The van der Waals surface area contributed by atoms with Gasteiger partial charge in [-0.1, -0.05) is 0 Å². The van der Waals surface area contributed by atoms with Crippen LogP contribution in [0.5, 0.6) is 11.5 Å². The van der Waals surface area contributed by atoms with E-state index >= 15 is 0 Å². The highest BCUT2D eigenvalue weighted by molar-refractivity contribution is 7.22. The van der Waals surface area contributed by atoms with Crippen LogP contribution in [0, 0.1) is 0 Å². The molecule has 0 saturated heterocycles. The van der Waals surface area contributed by atoms with Gasteiger partial charge in [0.2, 0.25) is 0 Å². The highest BCUT2D eigenvalue weighted by Gasteiger charge is 2.17. The zero-order valence-corrected chi connectivity index (χ0v) is 28.1. The molecule has 10 heteroatoms. The van der Waals surface area contributed by atoms with E-state index in [0.29, 0.717) is 10.8 Å². The van der Waals surface area contributed by atoms with Gasteiger partial charge in [-0.25, -0.2) is 19.6 Å². The molecule has 3 aromatic heterocycles. The fourth-order valence-electron chi connectivity index (χ4n) is 6.70. The minimum absolute atomic E-state index is 0.0370. The molecule has 0 saturated carbocycles. The van der Waals surface area contributed by atoms with Gasteiger partial charge < -0.3 is 19.7 Å². The molecule has 0 aliphatic heterocycles. The summed E-state index contributed by atoms with van der Waals surface area (Å²) >= 11 is 3.30. The molecular weight excluding hydrogens is 669 g/mol. The van der Waals surface area contributed by atoms with Crippen LogP contribution < -0.4 is 9.47 Å². The van der Waals surface area contributed by atoms with Crippen LogP contribution in [0.3, 0.4) is 0 Å². The van der Waals surface area contributed by atoms with Crippen molar-refractivity contribution >= 4 is 97.9 Å². The molecule has 2 N–H and O–H groups in total. The van der Waals surface area contributed by atoms with Gasteiger partial charge in [-0.2, -0.15) is 0 Å². The molecule has 9 rings (SSSR count). The van der Waals surface area contributed by atoms with E-state index in [0.717, 1.165) is 85.1 Å². The second-order valence-electron chi connectivity index (χ2n) is 12.1. The fourth-order valence-corrected chi connectivity index (χ4v) is 8.83. The predicted molar refractivity (Wildman–Crippen MR) is 201 cm³/mol. The van der Waals surface area contributed by atoms with Gasteiger partial charge >= 0.3 is 11.9 Å². The zero-order valence-electron chi connectivity index (χ0n) is 26.5. The Kier molecular flexibility index (Phi) is 6.74. The Morgan fingerprint density at radius 3 is 1.66 bits per heavy atom. The van der Waals surface area contributed by atoms with Crippen LogP contribution in [0.2, 0.25) is 0 Å². The summed E-state index contributed by atoms with van der Waals surface area (Å²) in [6.07, 6.45) is 1.60. The number of aromatic carboxylic acids is 2. The maximum absolute atomic E-state index is 12.0. The monoisotopic (exact) mass is 692 g/mol. The second kappa shape index (κ2) is 11.2. The first kappa shape index (κ1) is 30.0. The summed E-state index contributed by atoms with van der Waals surface area (Å²) in [4.78, 5) is 35.0. The molecule has 8 nitrogen and oxygen atoms in total. The first-order valence-corrected chi connectivity index (χ1v) is 17.2. The van der Waals surface area contributed by atoms with Crippen molar-refractivity contribution in [2.45, 2.75) is 0 Å². The van der Waals surface area contributed by atoms with Crippen molar-refractivity contribution in [3.8, 4) is 32.6 Å². The molecule has 0 amide bonds. The topological polar surface area (TPSA) is 119 Å². The first-order chi connectivity index (χ1) is 24.2. The highest BCUT2D eigenvalue weighted by Crippen LogP contribution is 2.41. The van der Waals surface area contributed by atoms with Crippen LogP contribution in [0.4, 0.5) is 0 Å². The Morgan fingerprint density at radius 2 is 1.10 bits per heavy atom. The number of carbonyl (C=O) groups is 2. The number of rotatable bonds is 6. The molecule has 0 spiro atoms. The third-order valence-corrected chi connectivity index (χ3v) is 11.4. The summed E-state index contributed by atoms with van der Waals surface area (Å²) in [5.41, 5.74) is 1.54. The largest absolute Gasteiger partial charge is 0.497 e. The van der Waals surface area contributed by atoms with Gasteiger partial charge in [0, 0.05) is 20.9 Å². The number of methoxy groups -OCH3 is 2. The number of thiophene rings is 2. The number of ether oxygens (including phenoxy) is 2. The van der Waals surface area contributed by atoms with E-state index in [4.69, 9.17) is 9.47 Å². The summed E-state index contributed by atoms with van der Waals surface area (Å²) in [6.45, 7) is 0. The molecule has 0 aliphatic rings. The molecule has 0 fully saturated rings. The fraction of sp³-hybridized carbons (Fsp3) is 0.0500. The number of aromatic nitrogens is 2. The van der Waals surface area contributed by atoms with Crippen LogP contribution in [0.25, 0.3) is 84.4 Å². The Hall–Kier alpha value is -6.10. The van der Waals surface area contributed by atoms with Crippen LogP contribution in [-0.2, 0) is 0 Å². The van der Waals surface area contributed by atoms with E-state index < -0.39 is 11.9 Å². The van der Waals surface area contributed by atoms with E-state index in [9.17, 15) is 19.8 Å². The number of benzene rings is 6. The molecule has 50 heavy (non-hydrogen) atoms. The Labute approximate surface area is 291 Å². The molecule has 0 unspecified atom stereocenters. The maximum Gasteiger partial charge on any atom is 0.336 e. The smallest absolute Gasteiger partial charge is 0.336 e. The Morgan fingerprint density at radius 1 is 0.540 bits per heavy atom. The van der Waals surface area contributed by atoms with Crippen molar-refractivity contribution in [3.05, 3.63) is 108 Å². The van der Waals surface area contributed by atoms with Gasteiger partial charge in [0.1, 0.15) is 17.8 Å². The number of carboxylic acid groups (broad SMARTS) is 2. The van der Waals surface area contributed by atoms with E-state index in [-0.39, 0.29) is 11.1 Å². The van der Waals surface area contributed by atoms with Gasteiger partial charge in [-0.05, 0) is 133 Å². The second-order valence-corrected chi connectivity index (χ2v) is 14.3. The summed E-state index contributed by atoms with van der Waals surface area (Å²) < 4.78 is 13.3. The zero-order chi connectivity index (χ0) is 34.3. The minimum Gasteiger partial charge on any atom is -0.497 e. The summed E-state index contributed by atoms with van der Waals surface area (Å²) in [6, 6.07) is 29.4. The van der Waals surface area contributed by atoms with Gasteiger partial charge in [-0.3, -0.25) is 0 Å². The number of nitrogens with zero attached hydrogens (tertiary/aromatic N) is 2. The summed E-state index contributed by atoms with van der Waals surface area (Å²) in [5, 5.41) is 28.6. The SMILES string of the molecule is COc1cc(OC)c2cc3cc4cc(-c5cc(-c6cc7cc8cc9c(C(=O)O)cc(C(=O)O)cc9cc8cc7s6)ncn5)sc4cc3cc2c1. The van der Waals surface area contributed by atoms with Crippen molar-refractivity contribution in [1.29, 1.82) is 0 Å². The van der Waals surface area contributed by atoms with Gasteiger partial charge in [-0.15, -0.1) is 22.7 Å². The highest BCUT2D eigenvalue weighted by atomic mass is 32.1. The average molecular weight is 693 g/mol. The standard InChI is InChI=1S/C40H24N2O6S2/c1-47-28-8-24-4-22-13-36-26(6-20(22)10-30(24)34(16-28)48-2)15-38(50-36)33-17-32(41-18-42-33)37-14-25-5-19-9-29-23(3-21(19)12-35(25)49-37)7-27(39(43)44)11-31(29)40(45)46/h3-18H,1-2H3,(H,43,44)(H,45,46). The molecule has 242 valence electrons. The average Bonchev–Trinajstić information content (AvgIpc) is 3.73.